The first kappa shape index (κ1) is 19.0. The topological polar surface area (TPSA) is 55.1 Å². The molecule has 124 valence electrons. The second-order valence-corrected chi connectivity index (χ2v) is 7.32. The lowest BCUT2D eigenvalue weighted by atomic mass is 9.86. The van der Waals surface area contributed by atoms with E-state index in [1.54, 1.807) is 0 Å². The van der Waals surface area contributed by atoms with E-state index < -0.39 is 5.54 Å². The van der Waals surface area contributed by atoms with Crippen molar-refractivity contribution in [2.24, 2.45) is 5.73 Å². The predicted octanol–water partition coefficient (Wildman–Crippen LogP) is 3.34. The first-order valence-electron chi connectivity index (χ1n) is 7.98. The average Bonchev–Trinajstić information content (AvgIpc) is 2.86. The largest absolute Gasteiger partial charge is 0.354 e. The Morgan fingerprint density at radius 2 is 1.73 bits per heavy atom. The Labute approximate surface area is 140 Å². The molecule has 1 aliphatic carbocycles. The summed E-state index contributed by atoms with van der Waals surface area (Å²) in [5, 5.41) is 2.99. The Bertz CT molecular complexity index is 485. The van der Waals surface area contributed by atoms with Crippen LogP contribution in [0, 0.1) is 0 Å². The highest BCUT2D eigenvalue weighted by atomic mass is 35.5. The molecule has 1 aromatic carbocycles. The number of amides is 1. The summed E-state index contributed by atoms with van der Waals surface area (Å²) in [6, 6.07) is 8.66. The van der Waals surface area contributed by atoms with Crippen LogP contribution in [0.3, 0.4) is 0 Å². The summed E-state index contributed by atoms with van der Waals surface area (Å²) in [5.74, 6) is 0.0197. The van der Waals surface area contributed by atoms with Gasteiger partial charge in [-0.1, -0.05) is 57.9 Å². The van der Waals surface area contributed by atoms with Gasteiger partial charge in [-0.25, -0.2) is 0 Å². The number of carbonyl (C=O) groups excluding carboxylic acids is 1. The SMILES string of the molecule is CC(C)(C)c1ccc(CCNC(=O)C2(N)CCCC2)cc1.Cl. The third-order valence-corrected chi connectivity index (χ3v) is 4.47. The normalized spacial score (nSPS) is 16.9. The molecule has 0 saturated heterocycles. The van der Waals surface area contributed by atoms with Crippen LogP contribution in [0.2, 0.25) is 0 Å². The minimum atomic E-state index is -0.615. The molecule has 0 bridgehead atoms. The molecule has 2 rings (SSSR count). The van der Waals surface area contributed by atoms with Gasteiger partial charge in [0.05, 0.1) is 5.54 Å². The van der Waals surface area contributed by atoms with Crippen molar-refractivity contribution in [1.82, 2.24) is 5.32 Å². The van der Waals surface area contributed by atoms with Gasteiger partial charge in [-0.05, 0) is 35.8 Å². The van der Waals surface area contributed by atoms with Gasteiger partial charge >= 0.3 is 0 Å². The molecule has 22 heavy (non-hydrogen) atoms. The van der Waals surface area contributed by atoms with Crippen LogP contribution in [0.15, 0.2) is 24.3 Å². The summed E-state index contributed by atoms with van der Waals surface area (Å²) in [7, 11) is 0. The fourth-order valence-electron chi connectivity index (χ4n) is 2.90. The Kier molecular flexibility index (Phi) is 6.45. The van der Waals surface area contributed by atoms with E-state index in [2.05, 4.69) is 50.4 Å². The lowest BCUT2D eigenvalue weighted by molar-refractivity contribution is -0.126. The van der Waals surface area contributed by atoms with Crippen molar-refractivity contribution >= 4 is 18.3 Å². The fraction of sp³-hybridized carbons (Fsp3) is 0.611. The lowest BCUT2D eigenvalue weighted by Gasteiger charge is -2.22. The van der Waals surface area contributed by atoms with E-state index in [9.17, 15) is 4.79 Å². The molecule has 3 nitrogen and oxygen atoms in total. The second-order valence-electron chi connectivity index (χ2n) is 7.32. The van der Waals surface area contributed by atoms with Crippen LogP contribution in [0.5, 0.6) is 0 Å². The average molecular weight is 325 g/mol. The van der Waals surface area contributed by atoms with Crippen LogP contribution in [0.4, 0.5) is 0 Å². The molecule has 1 fully saturated rings. The maximum atomic E-state index is 12.1. The Hall–Kier alpha value is -1.06. The Balaban J connectivity index is 0.00000242. The quantitative estimate of drug-likeness (QED) is 0.892. The van der Waals surface area contributed by atoms with Gasteiger partial charge in [-0.15, -0.1) is 12.4 Å². The number of benzene rings is 1. The highest BCUT2D eigenvalue weighted by Crippen LogP contribution is 2.27. The third kappa shape index (κ3) is 4.72. The van der Waals surface area contributed by atoms with Crippen molar-refractivity contribution in [3.63, 3.8) is 0 Å². The van der Waals surface area contributed by atoms with Gasteiger partial charge in [0.25, 0.3) is 0 Å². The molecular weight excluding hydrogens is 296 g/mol. The molecule has 1 saturated carbocycles. The lowest BCUT2D eigenvalue weighted by Crippen LogP contribution is -2.52. The maximum absolute atomic E-state index is 12.1. The highest BCUT2D eigenvalue weighted by Gasteiger charge is 2.36. The minimum absolute atomic E-state index is 0. The van der Waals surface area contributed by atoms with Gasteiger partial charge in [0.1, 0.15) is 0 Å². The molecule has 3 N–H and O–H groups in total. The van der Waals surface area contributed by atoms with Crippen LogP contribution in [0.1, 0.15) is 57.6 Å². The van der Waals surface area contributed by atoms with E-state index in [0.717, 1.165) is 32.1 Å². The number of hydrogen-bond acceptors (Lipinski definition) is 2. The van der Waals surface area contributed by atoms with Gasteiger partial charge in [0.2, 0.25) is 5.91 Å². The molecule has 0 atom stereocenters. The highest BCUT2D eigenvalue weighted by molar-refractivity contribution is 5.86. The van der Waals surface area contributed by atoms with Crippen molar-refractivity contribution in [1.29, 1.82) is 0 Å². The van der Waals surface area contributed by atoms with E-state index in [1.807, 2.05) is 0 Å². The standard InChI is InChI=1S/C18H28N2O.ClH/c1-17(2,3)15-8-6-14(7-9-15)10-13-20-16(21)18(19)11-4-5-12-18;/h6-9H,4-5,10-13,19H2,1-3H3,(H,20,21);1H. The van der Waals surface area contributed by atoms with Crippen molar-refractivity contribution in [3.05, 3.63) is 35.4 Å². The van der Waals surface area contributed by atoms with Gasteiger partial charge < -0.3 is 11.1 Å². The predicted molar refractivity (Wildman–Crippen MR) is 94.5 cm³/mol. The zero-order valence-corrected chi connectivity index (χ0v) is 14.8. The monoisotopic (exact) mass is 324 g/mol. The van der Waals surface area contributed by atoms with E-state index >= 15 is 0 Å². The third-order valence-electron chi connectivity index (χ3n) is 4.47. The van der Waals surface area contributed by atoms with Gasteiger partial charge in [-0.3, -0.25) is 4.79 Å². The first-order valence-corrected chi connectivity index (χ1v) is 7.98. The number of hydrogen-bond donors (Lipinski definition) is 2. The number of nitrogens with two attached hydrogens (primary N) is 1. The maximum Gasteiger partial charge on any atom is 0.240 e. The van der Waals surface area contributed by atoms with Crippen LogP contribution >= 0.6 is 12.4 Å². The molecule has 4 heteroatoms. The minimum Gasteiger partial charge on any atom is -0.354 e. The van der Waals surface area contributed by atoms with E-state index in [-0.39, 0.29) is 23.7 Å². The molecule has 0 radical (unpaired) electrons. The number of rotatable bonds is 4. The molecule has 0 spiro atoms. The van der Waals surface area contributed by atoms with Crippen molar-refractivity contribution in [2.45, 2.75) is 63.8 Å². The number of carbonyl (C=O) groups is 1. The van der Waals surface area contributed by atoms with E-state index in [1.165, 1.54) is 11.1 Å². The summed E-state index contributed by atoms with van der Waals surface area (Å²) >= 11 is 0. The zero-order valence-electron chi connectivity index (χ0n) is 13.9. The summed E-state index contributed by atoms with van der Waals surface area (Å²) < 4.78 is 0. The smallest absolute Gasteiger partial charge is 0.240 e. The molecular formula is C18H29ClN2O. The summed E-state index contributed by atoms with van der Waals surface area (Å²) in [4.78, 5) is 12.1. The van der Waals surface area contributed by atoms with Crippen LogP contribution < -0.4 is 11.1 Å². The van der Waals surface area contributed by atoms with Crippen LogP contribution in [0.25, 0.3) is 0 Å². The second kappa shape index (κ2) is 7.47. The number of halogens is 1. The van der Waals surface area contributed by atoms with Gasteiger partial charge in [-0.2, -0.15) is 0 Å². The van der Waals surface area contributed by atoms with Crippen molar-refractivity contribution < 1.29 is 4.79 Å². The molecule has 0 unspecified atom stereocenters. The zero-order chi connectivity index (χ0) is 15.5. The Morgan fingerprint density at radius 1 is 1.18 bits per heavy atom. The summed E-state index contributed by atoms with van der Waals surface area (Å²) in [5.41, 5.74) is 8.29. The summed E-state index contributed by atoms with van der Waals surface area (Å²) in [6.45, 7) is 7.30. The molecule has 0 aromatic heterocycles. The molecule has 0 heterocycles. The van der Waals surface area contributed by atoms with Gasteiger partial charge in [0, 0.05) is 6.54 Å². The first-order chi connectivity index (χ1) is 9.81. The van der Waals surface area contributed by atoms with Gasteiger partial charge in [0.15, 0.2) is 0 Å². The van der Waals surface area contributed by atoms with E-state index in [4.69, 9.17) is 5.73 Å². The van der Waals surface area contributed by atoms with Crippen LogP contribution in [-0.2, 0) is 16.6 Å². The molecule has 0 aliphatic heterocycles. The summed E-state index contributed by atoms with van der Waals surface area (Å²) in [6.07, 6.45) is 4.63. The Morgan fingerprint density at radius 3 is 2.23 bits per heavy atom. The number of nitrogens with one attached hydrogen (secondary N) is 1. The fourth-order valence-corrected chi connectivity index (χ4v) is 2.90. The molecule has 1 aliphatic rings. The van der Waals surface area contributed by atoms with Crippen molar-refractivity contribution in [3.8, 4) is 0 Å². The van der Waals surface area contributed by atoms with Crippen molar-refractivity contribution in [2.75, 3.05) is 6.54 Å². The molecule has 1 aromatic rings. The van der Waals surface area contributed by atoms with E-state index in [0.29, 0.717) is 6.54 Å². The van der Waals surface area contributed by atoms with Crippen LogP contribution in [-0.4, -0.2) is 18.0 Å². The molecule has 1 amide bonds.